The molecule has 1 aromatic rings. The van der Waals surface area contributed by atoms with E-state index in [9.17, 15) is 4.79 Å². The van der Waals surface area contributed by atoms with Gasteiger partial charge in [-0.1, -0.05) is 6.42 Å². The molecule has 1 heterocycles. The van der Waals surface area contributed by atoms with Crippen LogP contribution in [0.2, 0.25) is 0 Å². The first-order chi connectivity index (χ1) is 11.5. The molecule has 0 saturated carbocycles. The van der Waals surface area contributed by atoms with E-state index in [0.717, 1.165) is 44.7 Å². The number of thiophene rings is 1. The SMILES string of the molecule is CCNC(=NCCCCCC(=O)OC)NC(C)Cc1ccc(C)s1. The molecule has 0 radical (unpaired) electrons. The molecular formula is C18H31N3O2S. The van der Waals surface area contributed by atoms with E-state index in [1.54, 1.807) is 0 Å². The fraction of sp³-hybridized carbons (Fsp3) is 0.667. The number of unbranched alkanes of at least 4 members (excludes halogenated alkanes) is 2. The number of guanidine groups is 1. The lowest BCUT2D eigenvalue weighted by Gasteiger charge is -2.17. The molecule has 24 heavy (non-hydrogen) atoms. The van der Waals surface area contributed by atoms with Crippen LogP contribution in [0.25, 0.3) is 0 Å². The first kappa shape index (κ1) is 20.5. The van der Waals surface area contributed by atoms with Crippen LogP contribution in [0, 0.1) is 6.92 Å². The van der Waals surface area contributed by atoms with Gasteiger partial charge < -0.3 is 15.4 Å². The predicted molar refractivity (Wildman–Crippen MR) is 102 cm³/mol. The second kappa shape index (κ2) is 11.9. The minimum Gasteiger partial charge on any atom is -0.469 e. The van der Waals surface area contributed by atoms with Gasteiger partial charge >= 0.3 is 5.97 Å². The number of carbonyl (C=O) groups excluding carboxylic acids is 1. The molecule has 0 saturated heterocycles. The predicted octanol–water partition coefficient (Wildman–Crippen LogP) is 3.28. The fourth-order valence-corrected chi connectivity index (χ4v) is 3.37. The zero-order valence-corrected chi connectivity index (χ0v) is 16.2. The third kappa shape index (κ3) is 8.91. The minimum absolute atomic E-state index is 0.133. The number of carbonyl (C=O) groups is 1. The normalized spacial score (nSPS) is 12.8. The van der Waals surface area contributed by atoms with Crippen molar-refractivity contribution in [3.05, 3.63) is 21.9 Å². The van der Waals surface area contributed by atoms with E-state index in [0.29, 0.717) is 12.5 Å². The van der Waals surface area contributed by atoms with Crippen LogP contribution in [0.15, 0.2) is 17.1 Å². The Hall–Kier alpha value is -1.56. The van der Waals surface area contributed by atoms with E-state index in [4.69, 9.17) is 0 Å². The third-order valence-corrected chi connectivity index (χ3v) is 4.59. The summed E-state index contributed by atoms with van der Waals surface area (Å²) in [4.78, 5) is 18.4. The smallest absolute Gasteiger partial charge is 0.305 e. The number of methoxy groups -OCH3 is 1. The highest BCUT2D eigenvalue weighted by molar-refractivity contribution is 7.11. The average molecular weight is 354 g/mol. The molecule has 1 atom stereocenters. The van der Waals surface area contributed by atoms with Crippen molar-refractivity contribution >= 4 is 23.3 Å². The molecule has 1 rings (SSSR count). The van der Waals surface area contributed by atoms with Gasteiger partial charge in [-0.3, -0.25) is 9.79 Å². The largest absolute Gasteiger partial charge is 0.469 e. The van der Waals surface area contributed by atoms with Gasteiger partial charge in [0.2, 0.25) is 0 Å². The molecule has 6 heteroatoms. The topological polar surface area (TPSA) is 62.7 Å². The summed E-state index contributed by atoms with van der Waals surface area (Å²) in [5, 5.41) is 6.76. The molecule has 136 valence electrons. The maximum atomic E-state index is 11.0. The average Bonchev–Trinajstić information content (AvgIpc) is 2.95. The second-order valence-corrected chi connectivity index (χ2v) is 7.28. The summed E-state index contributed by atoms with van der Waals surface area (Å²) in [5.74, 6) is 0.734. The number of aryl methyl sites for hydroxylation is 1. The monoisotopic (exact) mass is 353 g/mol. The maximum Gasteiger partial charge on any atom is 0.305 e. The fourth-order valence-electron chi connectivity index (χ4n) is 2.35. The van der Waals surface area contributed by atoms with Crippen LogP contribution in [0.1, 0.15) is 49.3 Å². The Kier molecular flexibility index (Phi) is 10.2. The van der Waals surface area contributed by atoms with E-state index in [-0.39, 0.29) is 5.97 Å². The molecule has 0 spiro atoms. The molecule has 0 aliphatic heterocycles. The first-order valence-electron chi connectivity index (χ1n) is 8.72. The Morgan fingerprint density at radius 3 is 2.75 bits per heavy atom. The second-order valence-electron chi connectivity index (χ2n) is 5.91. The Balaban J connectivity index is 2.32. The highest BCUT2D eigenvalue weighted by atomic mass is 32.1. The van der Waals surface area contributed by atoms with Gasteiger partial charge in [0.15, 0.2) is 5.96 Å². The van der Waals surface area contributed by atoms with Crippen LogP contribution in [0.3, 0.4) is 0 Å². The summed E-state index contributed by atoms with van der Waals surface area (Å²) in [7, 11) is 1.43. The highest BCUT2D eigenvalue weighted by Crippen LogP contribution is 2.16. The Morgan fingerprint density at radius 2 is 2.12 bits per heavy atom. The van der Waals surface area contributed by atoms with Crippen molar-refractivity contribution in [1.29, 1.82) is 0 Å². The third-order valence-electron chi connectivity index (χ3n) is 3.57. The van der Waals surface area contributed by atoms with Crippen molar-refractivity contribution < 1.29 is 9.53 Å². The van der Waals surface area contributed by atoms with Crippen molar-refractivity contribution in [1.82, 2.24) is 10.6 Å². The Labute approximate surface area is 149 Å². The summed E-state index contributed by atoms with van der Waals surface area (Å²) in [6.45, 7) is 8.00. The number of nitrogens with zero attached hydrogens (tertiary/aromatic N) is 1. The van der Waals surface area contributed by atoms with Crippen LogP contribution >= 0.6 is 11.3 Å². The van der Waals surface area contributed by atoms with Crippen LogP contribution in [0.4, 0.5) is 0 Å². The molecule has 0 aliphatic carbocycles. The van der Waals surface area contributed by atoms with Crippen molar-refractivity contribution in [2.45, 2.75) is 58.9 Å². The lowest BCUT2D eigenvalue weighted by Crippen LogP contribution is -2.43. The van der Waals surface area contributed by atoms with Gasteiger partial charge in [-0.05, 0) is 45.7 Å². The molecule has 0 bridgehead atoms. The van der Waals surface area contributed by atoms with Crippen molar-refractivity contribution in [3.8, 4) is 0 Å². The van der Waals surface area contributed by atoms with Gasteiger partial charge in [-0.15, -0.1) is 11.3 Å². The quantitative estimate of drug-likeness (QED) is 0.293. The van der Waals surface area contributed by atoms with Crippen LogP contribution in [0.5, 0.6) is 0 Å². The van der Waals surface area contributed by atoms with Gasteiger partial charge in [0, 0.05) is 41.7 Å². The summed E-state index contributed by atoms with van der Waals surface area (Å²) in [5.41, 5.74) is 0. The lowest BCUT2D eigenvalue weighted by atomic mass is 10.2. The first-order valence-corrected chi connectivity index (χ1v) is 9.53. The van der Waals surface area contributed by atoms with Gasteiger partial charge in [0.1, 0.15) is 0 Å². The van der Waals surface area contributed by atoms with Crippen LogP contribution in [-0.4, -0.2) is 38.2 Å². The summed E-state index contributed by atoms with van der Waals surface area (Å²) in [6.07, 6.45) is 4.33. The summed E-state index contributed by atoms with van der Waals surface area (Å²) in [6, 6.07) is 4.70. The van der Waals surface area contributed by atoms with Crippen molar-refractivity contribution in [2.75, 3.05) is 20.2 Å². The molecule has 1 aromatic heterocycles. The summed E-state index contributed by atoms with van der Waals surface area (Å²) < 4.78 is 4.64. The summed E-state index contributed by atoms with van der Waals surface area (Å²) >= 11 is 1.85. The van der Waals surface area contributed by atoms with Crippen LogP contribution in [-0.2, 0) is 16.0 Å². The van der Waals surface area contributed by atoms with Crippen molar-refractivity contribution in [3.63, 3.8) is 0 Å². The Bertz CT molecular complexity index is 514. The minimum atomic E-state index is -0.133. The number of aliphatic imine (C=N–C) groups is 1. The molecule has 0 fully saturated rings. The molecule has 5 nitrogen and oxygen atoms in total. The van der Waals surface area contributed by atoms with Gasteiger partial charge in [0.25, 0.3) is 0 Å². The van der Waals surface area contributed by atoms with E-state index >= 15 is 0 Å². The van der Waals surface area contributed by atoms with E-state index in [2.05, 4.69) is 53.3 Å². The lowest BCUT2D eigenvalue weighted by molar-refractivity contribution is -0.140. The molecular weight excluding hydrogens is 322 g/mol. The van der Waals surface area contributed by atoms with Gasteiger partial charge in [-0.25, -0.2) is 0 Å². The van der Waals surface area contributed by atoms with Crippen molar-refractivity contribution in [2.24, 2.45) is 4.99 Å². The molecule has 0 amide bonds. The van der Waals surface area contributed by atoms with Gasteiger partial charge in [0.05, 0.1) is 7.11 Å². The molecule has 1 unspecified atom stereocenters. The van der Waals surface area contributed by atoms with E-state index < -0.39 is 0 Å². The zero-order chi connectivity index (χ0) is 17.8. The number of esters is 1. The molecule has 0 aliphatic rings. The van der Waals surface area contributed by atoms with E-state index in [1.165, 1.54) is 16.9 Å². The van der Waals surface area contributed by atoms with Crippen LogP contribution < -0.4 is 10.6 Å². The van der Waals surface area contributed by atoms with E-state index in [1.807, 2.05) is 11.3 Å². The molecule has 0 aromatic carbocycles. The zero-order valence-electron chi connectivity index (χ0n) is 15.4. The number of nitrogens with one attached hydrogen (secondary N) is 2. The maximum absolute atomic E-state index is 11.0. The highest BCUT2D eigenvalue weighted by Gasteiger charge is 2.07. The number of ether oxygens (including phenoxy) is 1. The Morgan fingerprint density at radius 1 is 1.33 bits per heavy atom. The van der Waals surface area contributed by atoms with Gasteiger partial charge in [-0.2, -0.15) is 0 Å². The number of hydrogen-bond donors (Lipinski definition) is 2. The number of hydrogen-bond acceptors (Lipinski definition) is 4. The standard InChI is InChI=1S/C18H31N3O2S/c1-5-19-18(20-12-8-6-7-9-17(22)23-4)21-14(2)13-16-11-10-15(3)24-16/h10-11,14H,5-9,12-13H2,1-4H3,(H2,19,20,21). The number of rotatable bonds is 10. The molecule has 2 N–H and O–H groups in total.